The molecular formula is C15H19BrN2O2. The molecule has 2 aliphatic heterocycles. The van der Waals surface area contributed by atoms with Gasteiger partial charge in [0.05, 0.1) is 6.10 Å². The topological polar surface area (TPSA) is 43.8 Å². The van der Waals surface area contributed by atoms with E-state index in [4.69, 9.17) is 0 Å². The molecule has 2 aliphatic rings. The molecule has 0 radical (unpaired) electrons. The highest BCUT2D eigenvalue weighted by atomic mass is 79.9. The SMILES string of the molecule is O=C(C(c1ccc(Br)cc1)N1CCCC1)N1CC(O)C1. The summed E-state index contributed by atoms with van der Waals surface area (Å²) in [7, 11) is 0. The summed E-state index contributed by atoms with van der Waals surface area (Å²) in [4.78, 5) is 16.7. The van der Waals surface area contributed by atoms with Gasteiger partial charge in [-0.15, -0.1) is 0 Å². The van der Waals surface area contributed by atoms with Crippen molar-refractivity contribution in [3.8, 4) is 0 Å². The molecule has 2 fully saturated rings. The lowest BCUT2D eigenvalue weighted by molar-refractivity contribution is -0.147. The van der Waals surface area contributed by atoms with Gasteiger partial charge in [0.15, 0.2) is 0 Å². The van der Waals surface area contributed by atoms with Gasteiger partial charge in [-0.3, -0.25) is 9.69 Å². The van der Waals surface area contributed by atoms with Gasteiger partial charge in [-0.1, -0.05) is 28.1 Å². The van der Waals surface area contributed by atoms with E-state index < -0.39 is 0 Å². The minimum absolute atomic E-state index is 0.125. The van der Waals surface area contributed by atoms with Gasteiger partial charge in [-0.05, 0) is 43.6 Å². The van der Waals surface area contributed by atoms with E-state index in [2.05, 4.69) is 20.8 Å². The van der Waals surface area contributed by atoms with E-state index in [1.807, 2.05) is 24.3 Å². The smallest absolute Gasteiger partial charge is 0.244 e. The molecule has 0 spiro atoms. The van der Waals surface area contributed by atoms with Crippen LogP contribution in [0.25, 0.3) is 0 Å². The van der Waals surface area contributed by atoms with Crippen molar-refractivity contribution < 1.29 is 9.90 Å². The third-order valence-corrected chi connectivity index (χ3v) is 4.63. The molecule has 1 unspecified atom stereocenters. The Kier molecular flexibility index (Phi) is 4.10. The van der Waals surface area contributed by atoms with Crippen molar-refractivity contribution in [2.45, 2.75) is 25.0 Å². The number of hydrogen-bond donors (Lipinski definition) is 1. The highest BCUT2D eigenvalue weighted by molar-refractivity contribution is 9.10. The van der Waals surface area contributed by atoms with E-state index in [0.29, 0.717) is 13.1 Å². The fourth-order valence-electron chi connectivity index (χ4n) is 2.96. The van der Waals surface area contributed by atoms with Crippen molar-refractivity contribution in [1.29, 1.82) is 0 Å². The zero-order valence-corrected chi connectivity index (χ0v) is 12.9. The molecule has 0 saturated carbocycles. The summed E-state index contributed by atoms with van der Waals surface area (Å²) in [5.41, 5.74) is 1.04. The molecule has 3 rings (SSSR count). The van der Waals surface area contributed by atoms with Crippen LogP contribution in [0.4, 0.5) is 0 Å². The van der Waals surface area contributed by atoms with Crippen molar-refractivity contribution in [3.63, 3.8) is 0 Å². The summed E-state index contributed by atoms with van der Waals surface area (Å²) in [5.74, 6) is 0.125. The van der Waals surface area contributed by atoms with Gasteiger partial charge in [-0.2, -0.15) is 0 Å². The molecule has 5 heteroatoms. The first-order valence-corrected chi connectivity index (χ1v) is 7.91. The number of β-amino-alcohol motifs (C(OH)–C–C–N with tert-alkyl or cyclic N) is 1. The van der Waals surface area contributed by atoms with Crippen molar-refractivity contribution >= 4 is 21.8 Å². The van der Waals surface area contributed by atoms with Gasteiger partial charge in [0, 0.05) is 17.6 Å². The van der Waals surface area contributed by atoms with Crippen LogP contribution in [0.3, 0.4) is 0 Å². The maximum absolute atomic E-state index is 12.7. The molecule has 1 aromatic carbocycles. The van der Waals surface area contributed by atoms with Crippen molar-refractivity contribution in [1.82, 2.24) is 9.80 Å². The number of carbonyl (C=O) groups is 1. The maximum atomic E-state index is 12.7. The van der Waals surface area contributed by atoms with Gasteiger partial charge >= 0.3 is 0 Å². The van der Waals surface area contributed by atoms with Gasteiger partial charge in [0.25, 0.3) is 0 Å². The molecule has 1 atom stereocenters. The summed E-state index contributed by atoms with van der Waals surface area (Å²) in [5, 5.41) is 9.41. The predicted octanol–water partition coefficient (Wildman–Crippen LogP) is 1.79. The minimum atomic E-state index is -0.344. The highest BCUT2D eigenvalue weighted by Gasteiger charge is 2.37. The number of likely N-dealkylation sites (tertiary alicyclic amines) is 2. The van der Waals surface area contributed by atoms with E-state index >= 15 is 0 Å². The Labute approximate surface area is 127 Å². The number of halogens is 1. The Bertz CT molecular complexity index is 479. The zero-order valence-electron chi connectivity index (χ0n) is 11.3. The van der Waals surface area contributed by atoms with Crippen LogP contribution in [-0.4, -0.2) is 53.1 Å². The number of aliphatic hydroxyl groups is 1. The Balaban J connectivity index is 1.83. The maximum Gasteiger partial charge on any atom is 0.244 e. The largest absolute Gasteiger partial charge is 0.389 e. The van der Waals surface area contributed by atoms with Crippen LogP contribution in [0.1, 0.15) is 24.4 Å². The minimum Gasteiger partial charge on any atom is -0.389 e. The number of carbonyl (C=O) groups excluding carboxylic acids is 1. The summed E-state index contributed by atoms with van der Waals surface area (Å²) in [6.07, 6.45) is 1.97. The van der Waals surface area contributed by atoms with E-state index in [1.54, 1.807) is 4.90 Å². The predicted molar refractivity (Wildman–Crippen MR) is 80.3 cm³/mol. The Hall–Kier alpha value is -0.910. The van der Waals surface area contributed by atoms with Crippen molar-refractivity contribution in [3.05, 3.63) is 34.3 Å². The Morgan fingerprint density at radius 2 is 1.80 bits per heavy atom. The molecule has 0 aliphatic carbocycles. The molecule has 2 heterocycles. The first-order chi connectivity index (χ1) is 9.65. The molecule has 2 saturated heterocycles. The number of benzene rings is 1. The first kappa shape index (κ1) is 14.0. The first-order valence-electron chi connectivity index (χ1n) is 7.11. The number of nitrogens with zero attached hydrogens (tertiary/aromatic N) is 2. The third-order valence-electron chi connectivity index (χ3n) is 4.10. The summed E-state index contributed by atoms with van der Waals surface area (Å²) in [6, 6.07) is 7.80. The van der Waals surface area contributed by atoms with E-state index in [-0.39, 0.29) is 18.1 Å². The fraction of sp³-hybridized carbons (Fsp3) is 0.533. The lowest BCUT2D eigenvalue weighted by Crippen LogP contribution is -2.56. The molecule has 0 aromatic heterocycles. The van der Waals surface area contributed by atoms with E-state index in [1.165, 1.54) is 0 Å². The fourth-order valence-corrected chi connectivity index (χ4v) is 3.23. The lowest BCUT2D eigenvalue weighted by Gasteiger charge is -2.40. The van der Waals surface area contributed by atoms with Crippen LogP contribution < -0.4 is 0 Å². The molecule has 1 aromatic rings. The van der Waals surface area contributed by atoms with Crippen LogP contribution in [0.2, 0.25) is 0 Å². The monoisotopic (exact) mass is 338 g/mol. The number of amides is 1. The van der Waals surface area contributed by atoms with Gasteiger partial charge in [0.1, 0.15) is 6.04 Å². The number of aliphatic hydroxyl groups excluding tert-OH is 1. The van der Waals surface area contributed by atoms with Crippen molar-refractivity contribution in [2.75, 3.05) is 26.2 Å². The molecule has 1 N–H and O–H groups in total. The van der Waals surface area contributed by atoms with Crippen LogP contribution in [0.15, 0.2) is 28.7 Å². The van der Waals surface area contributed by atoms with Crippen molar-refractivity contribution in [2.24, 2.45) is 0 Å². The number of hydrogen-bond acceptors (Lipinski definition) is 3. The van der Waals surface area contributed by atoms with Gasteiger partial charge < -0.3 is 10.0 Å². The Morgan fingerprint density at radius 3 is 2.35 bits per heavy atom. The molecule has 20 heavy (non-hydrogen) atoms. The second-order valence-electron chi connectivity index (χ2n) is 5.59. The second-order valence-corrected chi connectivity index (χ2v) is 6.51. The zero-order chi connectivity index (χ0) is 14.1. The average molecular weight is 339 g/mol. The van der Waals surface area contributed by atoms with E-state index in [0.717, 1.165) is 36.0 Å². The normalized spacial score (nSPS) is 21.8. The lowest BCUT2D eigenvalue weighted by atomic mass is 10.0. The average Bonchev–Trinajstić information content (AvgIpc) is 2.91. The van der Waals surface area contributed by atoms with Crippen LogP contribution >= 0.6 is 15.9 Å². The second kappa shape index (κ2) is 5.84. The van der Waals surface area contributed by atoms with Gasteiger partial charge in [0.2, 0.25) is 5.91 Å². The number of rotatable bonds is 3. The summed E-state index contributed by atoms with van der Waals surface area (Å²) >= 11 is 3.43. The molecular weight excluding hydrogens is 320 g/mol. The molecule has 0 bridgehead atoms. The molecule has 108 valence electrons. The van der Waals surface area contributed by atoms with E-state index in [9.17, 15) is 9.90 Å². The summed E-state index contributed by atoms with van der Waals surface area (Å²) < 4.78 is 1.02. The van der Waals surface area contributed by atoms with Crippen LogP contribution in [0, 0.1) is 0 Å². The van der Waals surface area contributed by atoms with Crippen LogP contribution in [0.5, 0.6) is 0 Å². The Morgan fingerprint density at radius 1 is 1.20 bits per heavy atom. The quantitative estimate of drug-likeness (QED) is 0.913. The molecule has 4 nitrogen and oxygen atoms in total. The highest BCUT2D eigenvalue weighted by Crippen LogP contribution is 2.29. The third kappa shape index (κ3) is 2.75. The van der Waals surface area contributed by atoms with Gasteiger partial charge in [-0.25, -0.2) is 0 Å². The summed E-state index contributed by atoms with van der Waals surface area (Å²) in [6.45, 7) is 2.89. The van der Waals surface area contributed by atoms with Crippen LogP contribution in [-0.2, 0) is 4.79 Å². The standard InChI is InChI=1S/C15H19BrN2O2/c16-12-5-3-11(4-6-12)14(17-7-1-2-8-17)15(20)18-9-13(19)10-18/h3-6,13-14,19H,1-2,7-10H2. The molecule has 1 amide bonds.